The van der Waals surface area contributed by atoms with Gasteiger partial charge in [0.1, 0.15) is 0 Å². The van der Waals surface area contributed by atoms with E-state index in [4.69, 9.17) is 4.74 Å². The molecular weight excluding hydrogens is 200 g/mol. The molecule has 1 aromatic carbocycles. The highest BCUT2D eigenvalue weighted by Crippen LogP contribution is 2.26. The predicted octanol–water partition coefficient (Wildman–Crippen LogP) is 2.56. The molecule has 0 aliphatic carbocycles. The highest BCUT2D eigenvalue weighted by atomic mass is 16.5. The van der Waals surface area contributed by atoms with Crippen molar-refractivity contribution in [3.05, 3.63) is 30.0 Å². The third kappa shape index (κ3) is 1.43. The number of rotatable bonds is 2. The summed E-state index contributed by atoms with van der Waals surface area (Å²) in [6, 6.07) is 6.85. The quantitative estimate of drug-likeness (QED) is 0.771. The molecule has 0 unspecified atom stereocenters. The van der Waals surface area contributed by atoms with Crippen molar-refractivity contribution in [3.63, 3.8) is 0 Å². The first-order valence-corrected chi connectivity index (χ1v) is 5.93. The molecule has 0 spiro atoms. The van der Waals surface area contributed by atoms with Gasteiger partial charge in [0.05, 0.1) is 24.4 Å². The van der Waals surface area contributed by atoms with Gasteiger partial charge in [-0.3, -0.25) is 4.68 Å². The summed E-state index contributed by atoms with van der Waals surface area (Å²) in [5, 5.41) is 5.76. The second-order valence-corrected chi connectivity index (χ2v) is 4.32. The number of fused-ring (bicyclic) bond motifs is 1. The maximum Gasteiger partial charge on any atom is 0.0781 e. The summed E-state index contributed by atoms with van der Waals surface area (Å²) in [7, 11) is 0. The minimum absolute atomic E-state index is 0.421. The van der Waals surface area contributed by atoms with E-state index in [1.54, 1.807) is 0 Å². The van der Waals surface area contributed by atoms with Gasteiger partial charge in [0.2, 0.25) is 0 Å². The molecule has 16 heavy (non-hydrogen) atoms. The van der Waals surface area contributed by atoms with Gasteiger partial charge in [-0.25, -0.2) is 0 Å². The molecule has 3 nitrogen and oxygen atoms in total. The van der Waals surface area contributed by atoms with Crippen LogP contribution in [0, 0.1) is 0 Å². The van der Waals surface area contributed by atoms with E-state index in [0.29, 0.717) is 6.04 Å². The summed E-state index contributed by atoms with van der Waals surface area (Å²) in [6.45, 7) is 3.85. The van der Waals surface area contributed by atoms with Crippen LogP contribution in [-0.4, -0.2) is 23.0 Å². The molecule has 0 N–H and O–H groups in total. The van der Waals surface area contributed by atoms with Gasteiger partial charge < -0.3 is 4.74 Å². The van der Waals surface area contributed by atoms with Gasteiger partial charge in [0.25, 0.3) is 0 Å². The van der Waals surface area contributed by atoms with E-state index in [-0.39, 0.29) is 0 Å². The lowest BCUT2D eigenvalue weighted by Crippen LogP contribution is -2.10. The van der Waals surface area contributed by atoms with Crippen LogP contribution in [0.1, 0.15) is 24.9 Å². The van der Waals surface area contributed by atoms with Crippen LogP contribution in [0.4, 0.5) is 0 Å². The SMILES string of the molecule is CCc1cccc2cnn([C@H]3CCOC3)c12. The van der Waals surface area contributed by atoms with Gasteiger partial charge in [-0.2, -0.15) is 5.10 Å². The lowest BCUT2D eigenvalue weighted by molar-refractivity contribution is 0.185. The van der Waals surface area contributed by atoms with Crippen molar-refractivity contribution in [2.24, 2.45) is 0 Å². The van der Waals surface area contributed by atoms with E-state index in [2.05, 4.69) is 34.9 Å². The van der Waals surface area contributed by atoms with Crippen molar-refractivity contribution < 1.29 is 4.74 Å². The van der Waals surface area contributed by atoms with Gasteiger partial charge >= 0.3 is 0 Å². The Bertz CT molecular complexity index is 498. The fraction of sp³-hybridized carbons (Fsp3) is 0.462. The zero-order valence-electron chi connectivity index (χ0n) is 9.52. The molecule has 2 heterocycles. The Kier molecular flexibility index (Phi) is 2.40. The molecule has 1 aliphatic rings. The fourth-order valence-corrected chi connectivity index (χ4v) is 2.45. The van der Waals surface area contributed by atoms with Crippen LogP contribution in [0.5, 0.6) is 0 Å². The van der Waals surface area contributed by atoms with Crippen molar-refractivity contribution in [1.29, 1.82) is 0 Å². The Morgan fingerprint density at radius 2 is 2.44 bits per heavy atom. The predicted molar refractivity (Wildman–Crippen MR) is 63.6 cm³/mol. The second kappa shape index (κ2) is 3.91. The molecule has 1 fully saturated rings. The molecule has 1 aromatic heterocycles. The zero-order chi connectivity index (χ0) is 11.0. The van der Waals surface area contributed by atoms with Crippen LogP contribution in [-0.2, 0) is 11.2 Å². The molecule has 1 saturated heterocycles. The molecule has 0 radical (unpaired) electrons. The maximum absolute atomic E-state index is 5.44. The Balaban J connectivity index is 2.16. The van der Waals surface area contributed by atoms with Crippen LogP contribution in [0.25, 0.3) is 10.9 Å². The largest absolute Gasteiger partial charge is 0.379 e. The second-order valence-electron chi connectivity index (χ2n) is 4.32. The first-order valence-electron chi connectivity index (χ1n) is 5.93. The number of hydrogen-bond acceptors (Lipinski definition) is 2. The summed E-state index contributed by atoms with van der Waals surface area (Å²) >= 11 is 0. The minimum Gasteiger partial charge on any atom is -0.379 e. The first kappa shape index (κ1) is 9.85. The molecule has 1 aliphatic heterocycles. The molecule has 0 saturated carbocycles. The van der Waals surface area contributed by atoms with Crippen LogP contribution >= 0.6 is 0 Å². The van der Waals surface area contributed by atoms with Gasteiger partial charge in [0.15, 0.2) is 0 Å². The van der Waals surface area contributed by atoms with Crippen LogP contribution < -0.4 is 0 Å². The fourth-order valence-electron chi connectivity index (χ4n) is 2.45. The van der Waals surface area contributed by atoms with E-state index >= 15 is 0 Å². The molecule has 0 bridgehead atoms. The third-order valence-corrected chi connectivity index (χ3v) is 3.33. The molecular formula is C13H16N2O. The van der Waals surface area contributed by atoms with E-state index < -0.39 is 0 Å². The summed E-state index contributed by atoms with van der Waals surface area (Å²) in [5.41, 5.74) is 2.67. The smallest absolute Gasteiger partial charge is 0.0781 e. The van der Waals surface area contributed by atoms with Crippen LogP contribution in [0.3, 0.4) is 0 Å². The Labute approximate surface area is 95.0 Å². The molecule has 2 aromatic rings. The lowest BCUT2D eigenvalue weighted by Gasteiger charge is -2.12. The Morgan fingerprint density at radius 1 is 1.50 bits per heavy atom. The van der Waals surface area contributed by atoms with Crippen molar-refractivity contribution >= 4 is 10.9 Å². The lowest BCUT2D eigenvalue weighted by atomic mass is 10.1. The summed E-state index contributed by atoms with van der Waals surface area (Å²) in [6.07, 6.45) is 4.10. The van der Waals surface area contributed by atoms with E-state index in [1.807, 2.05) is 6.20 Å². The topological polar surface area (TPSA) is 27.1 Å². The summed E-state index contributed by atoms with van der Waals surface area (Å²) < 4.78 is 7.60. The monoisotopic (exact) mass is 216 g/mol. The third-order valence-electron chi connectivity index (χ3n) is 3.33. The van der Waals surface area contributed by atoms with Crippen molar-refractivity contribution in [2.75, 3.05) is 13.2 Å². The van der Waals surface area contributed by atoms with Crippen molar-refractivity contribution in [3.8, 4) is 0 Å². The first-order chi connectivity index (χ1) is 7.90. The van der Waals surface area contributed by atoms with Gasteiger partial charge in [0, 0.05) is 12.0 Å². The number of benzene rings is 1. The number of aryl methyl sites for hydroxylation is 1. The number of hydrogen-bond donors (Lipinski definition) is 0. The van der Waals surface area contributed by atoms with E-state index in [1.165, 1.54) is 16.5 Å². The van der Waals surface area contributed by atoms with Gasteiger partial charge in [-0.1, -0.05) is 25.1 Å². The number of ether oxygens (including phenoxy) is 1. The van der Waals surface area contributed by atoms with Gasteiger partial charge in [-0.15, -0.1) is 0 Å². The summed E-state index contributed by atoms with van der Waals surface area (Å²) in [5.74, 6) is 0. The van der Waals surface area contributed by atoms with E-state index in [0.717, 1.165) is 26.1 Å². The highest BCUT2D eigenvalue weighted by molar-refractivity contribution is 5.82. The van der Waals surface area contributed by atoms with Crippen LogP contribution in [0.15, 0.2) is 24.4 Å². The van der Waals surface area contributed by atoms with Crippen molar-refractivity contribution in [2.45, 2.75) is 25.8 Å². The highest BCUT2D eigenvalue weighted by Gasteiger charge is 2.20. The molecule has 0 amide bonds. The average Bonchev–Trinajstić information content (AvgIpc) is 2.96. The van der Waals surface area contributed by atoms with Crippen LogP contribution in [0.2, 0.25) is 0 Å². The molecule has 3 heteroatoms. The standard InChI is InChI=1S/C13H16N2O/c1-2-10-4-3-5-11-8-14-15(13(10)11)12-6-7-16-9-12/h3-5,8,12H,2,6-7,9H2,1H3/t12-/m0/s1. The number of para-hydroxylation sites is 1. The number of aromatic nitrogens is 2. The van der Waals surface area contributed by atoms with Gasteiger partial charge in [-0.05, 0) is 18.4 Å². The Hall–Kier alpha value is -1.35. The minimum atomic E-state index is 0.421. The van der Waals surface area contributed by atoms with E-state index in [9.17, 15) is 0 Å². The Morgan fingerprint density at radius 3 is 3.19 bits per heavy atom. The number of nitrogens with zero attached hydrogens (tertiary/aromatic N) is 2. The average molecular weight is 216 g/mol. The normalized spacial score (nSPS) is 20.7. The summed E-state index contributed by atoms with van der Waals surface area (Å²) in [4.78, 5) is 0. The molecule has 1 atom stereocenters. The maximum atomic E-state index is 5.44. The zero-order valence-corrected chi connectivity index (χ0v) is 9.52. The molecule has 3 rings (SSSR count). The van der Waals surface area contributed by atoms with Crippen molar-refractivity contribution in [1.82, 2.24) is 9.78 Å². The molecule has 84 valence electrons.